The van der Waals surface area contributed by atoms with E-state index in [-0.39, 0.29) is 21.7 Å². The lowest BCUT2D eigenvalue weighted by Crippen LogP contribution is -2.46. The van der Waals surface area contributed by atoms with Gasteiger partial charge in [-0.1, -0.05) is 0 Å². The van der Waals surface area contributed by atoms with E-state index in [0.29, 0.717) is 26.3 Å². The first-order chi connectivity index (χ1) is 11.1. The Kier molecular flexibility index (Phi) is 5.32. The minimum absolute atomic E-state index is 0.0530. The van der Waals surface area contributed by atoms with Crippen molar-refractivity contribution in [2.75, 3.05) is 39.4 Å². The van der Waals surface area contributed by atoms with Gasteiger partial charge in [-0.15, -0.1) is 11.3 Å². The Labute approximate surface area is 140 Å². The van der Waals surface area contributed by atoms with Crippen LogP contribution in [-0.2, 0) is 14.8 Å². The van der Waals surface area contributed by atoms with Crippen LogP contribution in [0.4, 0.5) is 0 Å². The summed E-state index contributed by atoms with van der Waals surface area (Å²) >= 11 is 1.17. The fourth-order valence-corrected chi connectivity index (χ4v) is 5.53. The molecule has 1 aromatic heterocycles. The van der Waals surface area contributed by atoms with Gasteiger partial charge in [-0.3, -0.25) is 4.79 Å². The number of thiophene rings is 1. The summed E-state index contributed by atoms with van der Waals surface area (Å²) in [6.07, 6.45) is 1.92. The van der Waals surface area contributed by atoms with Gasteiger partial charge in [-0.25, -0.2) is 8.42 Å². The van der Waals surface area contributed by atoms with Crippen LogP contribution in [0.5, 0.6) is 0 Å². The number of morpholine rings is 1. The molecule has 1 amide bonds. The highest BCUT2D eigenvalue weighted by molar-refractivity contribution is 7.89. The van der Waals surface area contributed by atoms with Crippen molar-refractivity contribution >= 4 is 27.3 Å². The highest BCUT2D eigenvalue weighted by Crippen LogP contribution is 2.26. The van der Waals surface area contributed by atoms with Crippen LogP contribution in [0, 0.1) is 0 Å². The Hall–Kier alpha value is -1.00. The molecule has 23 heavy (non-hydrogen) atoms. The molecule has 2 aliphatic heterocycles. The zero-order valence-electron chi connectivity index (χ0n) is 12.8. The number of hydrogen-bond acceptors (Lipinski definition) is 6. The van der Waals surface area contributed by atoms with E-state index in [4.69, 9.17) is 4.74 Å². The molecule has 0 aromatic carbocycles. The third-order valence-electron chi connectivity index (χ3n) is 4.06. The fraction of sp³-hybridized carbons (Fsp3) is 0.643. The van der Waals surface area contributed by atoms with Crippen LogP contribution in [0.15, 0.2) is 16.3 Å². The van der Waals surface area contributed by atoms with Gasteiger partial charge in [0.25, 0.3) is 5.91 Å². The second-order valence-corrected chi connectivity index (χ2v) is 8.47. The minimum Gasteiger partial charge on any atom is -0.379 e. The van der Waals surface area contributed by atoms with Crippen molar-refractivity contribution in [3.8, 4) is 0 Å². The van der Waals surface area contributed by atoms with Crippen LogP contribution in [0.1, 0.15) is 22.5 Å². The molecule has 1 atom stereocenters. The Morgan fingerprint density at radius 3 is 2.87 bits per heavy atom. The molecule has 2 N–H and O–H groups in total. The first kappa shape index (κ1) is 16.8. The number of hydrogen-bond donors (Lipinski definition) is 2. The number of sulfonamides is 1. The lowest BCUT2D eigenvalue weighted by atomic mass is 10.1. The monoisotopic (exact) mass is 359 g/mol. The quantitative estimate of drug-likeness (QED) is 0.805. The van der Waals surface area contributed by atoms with Crippen LogP contribution >= 0.6 is 11.3 Å². The molecular weight excluding hydrogens is 338 g/mol. The molecule has 0 spiro atoms. The van der Waals surface area contributed by atoms with Crippen LogP contribution in [0.2, 0.25) is 0 Å². The van der Waals surface area contributed by atoms with Crippen molar-refractivity contribution in [1.29, 1.82) is 0 Å². The van der Waals surface area contributed by atoms with E-state index >= 15 is 0 Å². The molecule has 2 aliphatic rings. The van der Waals surface area contributed by atoms with Crippen molar-refractivity contribution in [3.05, 3.63) is 16.3 Å². The number of piperidine rings is 1. The lowest BCUT2D eigenvalue weighted by molar-refractivity contribution is 0.0730. The standard InChI is InChI=1S/C14H21N3O4S2/c18-14(16-11-2-1-4-15-10-11)13-12(3-9-22-13)23(19,20)17-5-7-21-8-6-17/h3,9,11,15H,1-2,4-8,10H2,(H,16,18)/t11-/m0/s1. The topological polar surface area (TPSA) is 87.7 Å². The Morgan fingerprint density at radius 1 is 1.39 bits per heavy atom. The third-order valence-corrected chi connectivity index (χ3v) is 7.04. The highest BCUT2D eigenvalue weighted by Gasteiger charge is 2.31. The predicted octanol–water partition coefficient (Wildman–Crippen LogP) is 0.251. The summed E-state index contributed by atoms with van der Waals surface area (Å²) in [7, 11) is -3.65. The third kappa shape index (κ3) is 3.74. The van der Waals surface area contributed by atoms with Gasteiger partial charge in [-0.05, 0) is 30.8 Å². The van der Waals surface area contributed by atoms with E-state index in [1.165, 1.54) is 21.7 Å². The van der Waals surface area contributed by atoms with Gasteiger partial charge in [0.1, 0.15) is 9.77 Å². The summed E-state index contributed by atoms with van der Waals surface area (Å²) in [5.41, 5.74) is 0. The predicted molar refractivity (Wildman–Crippen MR) is 87.3 cm³/mol. The summed E-state index contributed by atoms with van der Waals surface area (Å²) in [6.45, 7) is 3.11. The molecule has 0 saturated carbocycles. The molecule has 128 valence electrons. The molecule has 0 radical (unpaired) electrons. The van der Waals surface area contributed by atoms with Gasteiger partial charge in [0.05, 0.1) is 13.2 Å². The first-order valence-electron chi connectivity index (χ1n) is 7.76. The largest absolute Gasteiger partial charge is 0.379 e. The van der Waals surface area contributed by atoms with Crippen LogP contribution in [-0.4, -0.2) is 64.1 Å². The van der Waals surface area contributed by atoms with E-state index in [2.05, 4.69) is 10.6 Å². The van der Waals surface area contributed by atoms with Crippen molar-refractivity contribution in [2.45, 2.75) is 23.8 Å². The van der Waals surface area contributed by atoms with Crippen molar-refractivity contribution in [3.63, 3.8) is 0 Å². The molecule has 1 aromatic rings. The lowest BCUT2D eigenvalue weighted by Gasteiger charge is -2.26. The maximum Gasteiger partial charge on any atom is 0.263 e. The van der Waals surface area contributed by atoms with E-state index in [1.807, 2.05) is 0 Å². The van der Waals surface area contributed by atoms with Crippen molar-refractivity contribution in [2.24, 2.45) is 0 Å². The zero-order chi connectivity index (χ0) is 16.3. The summed E-state index contributed by atoms with van der Waals surface area (Å²) in [5.74, 6) is -0.305. The number of nitrogens with one attached hydrogen (secondary N) is 2. The minimum atomic E-state index is -3.65. The smallest absolute Gasteiger partial charge is 0.263 e. The number of nitrogens with zero attached hydrogens (tertiary/aromatic N) is 1. The highest BCUT2D eigenvalue weighted by atomic mass is 32.2. The summed E-state index contributed by atoms with van der Waals surface area (Å²) in [6, 6.07) is 1.57. The molecule has 0 bridgehead atoms. The average Bonchev–Trinajstić information content (AvgIpc) is 3.07. The van der Waals surface area contributed by atoms with Crippen molar-refractivity contribution in [1.82, 2.24) is 14.9 Å². The number of amides is 1. The van der Waals surface area contributed by atoms with Crippen LogP contribution < -0.4 is 10.6 Å². The van der Waals surface area contributed by atoms with Crippen LogP contribution in [0.25, 0.3) is 0 Å². The molecule has 2 fully saturated rings. The summed E-state index contributed by atoms with van der Waals surface area (Å²) in [5, 5.41) is 7.82. The number of carbonyl (C=O) groups is 1. The van der Waals surface area contributed by atoms with E-state index in [1.54, 1.807) is 5.38 Å². The Morgan fingerprint density at radius 2 is 2.17 bits per heavy atom. The zero-order valence-corrected chi connectivity index (χ0v) is 14.4. The van der Waals surface area contributed by atoms with Gasteiger partial charge >= 0.3 is 0 Å². The van der Waals surface area contributed by atoms with E-state index in [9.17, 15) is 13.2 Å². The normalized spacial score (nSPS) is 23.6. The second-order valence-electron chi connectivity index (χ2n) is 5.65. The van der Waals surface area contributed by atoms with Gasteiger partial charge in [-0.2, -0.15) is 4.31 Å². The maximum atomic E-state index is 12.8. The molecular formula is C14H21N3O4S2. The Bertz CT molecular complexity index is 647. The SMILES string of the molecule is O=C(N[C@H]1CCCNC1)c1sccc1S(=O)(=O)N1CCOCC1. The summed E-state index contributed by atoms with van der Waals surface area (Å²) in [4.78, 5) is 12.9. The number of rotatable bonds is 4. The van der Waals surface area contributed by atoms with Crippen LogP contribution in [0.3, 0.4) is 0 Å². The van der Waals surface area contributed by atoms with Gasteiger partial charge < -0.3 is 15.4 Å². The van der Waals surface area contributed by atoms with E-state index < -0.39 is 10.0 Å². The van der Waals surface area contributed by atoms with Gasteiger partial charge in [0, 0.05) is 25.7 Å². The molecule has 7 nitrogen and oxygen atoms in total. The maximum absolute atomic E-state index is 12.8. The number of carbonyl (C=O) groups excluding carboxylic acids is 1. The second kappa shape index (κ2) is 7.27. The summed E-state index contributed by atoms with van der Waals surface area (Å²) < 4.78 is 32.1. The van der Waals surface area contributed by atoms with E-state index in [0.717, 1.165) is 25.9 Å². The van der Waals surface area contributed by atoms with Crippen molar-refractivity contribution < 1.29 is 17.9 Å². The Balaban J connectivity index is 1.76. The molecule has 0 unspecified atom stereocenters. The molecule has 0 aliphatic carbocycles. The molecule has 2 saturated heterocycles. The number of ether oxygens (including phenoxy) is 1. The average molecular weight is 359 g/mol. The molecule has 3 rings (SSSR count). The fourth-order valence-electron chi connectivity index (χ4n) is 2.82. The van der Waals surface area contributed by atoms with Gasteiger partial charge in [0.15, 0.2) is 0 Å². The molecule has 3 heterocycles. The van der Waals surface area contributed by atoms with Gasteiger partial charge in [0.2, 0.25) is 10.0 Å². The first-order valence-corrected chi connectivity index (χ1v) is 10.1. The molecule has 9 heteroatoms.